The van der Waals surface area contributed by atoms with Crippen LogP contribution in [0.2, 0.25) is 0 Å². The van der Waals surface area contributed by atoms with Crippen LogP contribution < -0.4 is 5.73 Å². The molecule has 0 heterocycles. The largest absolute Gasteiger partial charge is 0.329 e. The second kappa shape index (κ2) is 5.37. The molecule has 3 atom stereocenters. The third-order valence-electron chi connectivity index (χ3n) is 4.12. The third-order valence-corrected chi connectivity index (χ3v) is 4.12. The predicted molar refractivity (Wildman–Crippen MR) is 72.8 cm³/mol. The maximum atomic E-state index is 13.3. The lowest BCUT2D eigenvalue weighted by atomic mass is 10.0. The molecule has 1 aliphatic rings. The van der Waals surface area contributed by atoms with Gasteiger partial charge in [0.25, 0.3) is 0 Å². The summed E-state index contributed by atoms with van der Waals surface area (Å²) in [4.78, 5) is 2.31. The Morgan fingerprint density at radius 3 is 2.67 bits per heavy atom. The fourth-order valence-electron chi connectivity index (χ4n) is 2.60. The van der Waals surface area contributed by atoms with E-state index in [4.69, 9.17) is 5.73 Å². The molecule has 1 aliphatic carbocycles. The number of nitrogens with zero attached hydrogens (tertiary/aromatic N) is 1. The molecule has 3 heteroatoms. The molecule has 100 valence electrons. The Morgan fingerprint density at radius 1 is 1.50 bits per heavy atom. The van der Waals surface area contributed by atoms with Gasteiger partial charge in [0.05, 0.1) is 0 Å². The number of hydrogen-bond acceptors (Lipinski definition) is 2. The van der Waals surface area contributed by atoms with Crippen LogP contribution in [0.1, 0.15) is 30.5 Å². The number of nitrogens with two attached hydrogens (primary N) is 1. The average Bonchev–Trinajstić information content (AvgIpc) is 3.00. The van der Waals surface area contributed by atoms with Gasteiger partial charge in [-0.25, -0.2) is 4.39 Å². The molecule has 0 aromatic heterocycles. The zero-order valence-electron chi connectivity index (χ0n) is 11.5. The van der Waals surface area contributed by atoms with E-state index in [2.05, 4.69) is 18.9 Å². The van der Waals surface area contributed by atoms with Crippen LogP contribution in [0.3, 0.4) is 0 Å². The van der Waals surface area contributed by atoms with E-state index in [1.165, 1.54) is 6.42 Å². The topological polar surface area (TPSA) is 29.3 Å². The number of benzene rings is 1. The summed E-state index contributed by atoms with van der Waals surface area (Å²) < 4.78 is 13.3. The monoisotopic (exact) mass is 250 g/mol. The number of likely N-dealkylation sites (N-methyl/N-ethyl adjacent to an activating group) is 1. The molecule has 0 bridgehead atoms. The first-order valence-corrected chi connectivity index (χ1v) is 6.69. The molecule has 0 aliphatic heterocycles. The van der Waals surface area contributed by atoms with Gasteiger partial charge in [-0.3, -0.25) is 4.90 Å². The van der Waals surface area contributed by atoms with Crippen LogP contribution in [0, 0.1) is 24.6 Å². The molecule has 0 radical (unpaired) electrons. The molecule has 3 unspecified atom stereocenters. The van der Waals surface area contributed by atoms with Gasteiger partial charge < -0.3 is 5.73 Å². The summed E-state index contributed by atoms with van der Waals surface area (Å²) in [6.45, 7) is 5.75. The highest BCUT2D eigenvalue weighted by Crippen LogP contribution is 2.39. The number of rotatable bonds is 5. The van der Waals surface area contributed by atoms with Crippen molar-refractivity contribution in [1.29, 1.82) is 0 Å². The van der Waals surface area contributed by atoms with Crippen molar-refractivity contribution in [3.63, 3.8) is 0 Å². The lowest BCUT2D eigenvalue weighted by Gasteiger charge is -2.27. The van der Waals surface area contributed by atoms with Crippen LogP contribution in [0.15, 0.2) is 18.2 Å². The van der Waals surface area contributed by atoms with Crippen molar-refractivity contribution < 1.29 is 4.39 Å². The smallest absolute Gasteiger partial charge is 0.126 e. The van der Waals surface area contributed by atoms with E-state index in [9.17, 15) is 4.39 Å². The molecule has 2 nitrogen and oxygen atoms in total. The van der Waals surface area contributed by atoms with Crippen molar-refractivity contribution in [2.45, 2.75) is 26.3 Å². The first kappa shape index (κ1) is 13.5. The van der Waals surface area contributed by atoms with E-state index in [0.717, 1.165) is 23.9 Å². The zero-order chi connectivity index (χ0) is 13.3. The van der Waals surface area contributed by atoms with E-state index < -0.39 is 0 Å². The Bertz CT molecular complexity index is 419. The second-order valence-electron chi connectivity index (χ2n) is 5.67. The zero-order valence-corrected chi connectivity index (χ0v) is 11.5. The second-order valence-corrected chi connectivity index (χ2v) is 5.67. The van der Waals surface area contributed by atoms with Crippen LogP contribution >= 0.6 is 0 Å². The quantitative estimate of drug-likeness (QED) is 0.870. The number of aryl methyl sites for hydroxylation is 1. The van der Waals surface area contributed by atoms with E-state index in [1.54, 1.807) is 13.0 Å². The first-order chi connectivity index (χ1) is 8.52. The minimum Gasteiger partial charge on any atom is -0.329 e. The van der Waals surface area contributed by atoms with E-state index in [1.807, 2.05) is 12.1 Å². The molecular formula is C15H23FN2. The molecule has 2 rings (SSSR count). The van der Waals surface area contributed by atoms with E-state index in [-0.39, 0.29) is 11.9 Å². The van der Waals surface area contributed by atoms with Gasteiger partial charge in [-0.15, -0.1) is 0 Å². The minimum absolute atomic E-state index is 0.145. The molecule has 1 saturated carbocycles. The molecule has 1 fully saturated rings. The van der Waals surface area contributed by atoms with Crippen molar-refractivity contribution in [1.82, 2.24) is 4.90 Å². The van der Waals surface area contributed by atoms with Crippen LogP contribution in [-0.4, -0.2) is 25.0 Å². The summed E-state index contributed by atoms with van der Waals surface area (Å²) in [7, 11) is 2.11. The fraction of sp³-hybridized carbons (Fsp3) is 0.600. The van der Waals surface area contributed by atoms with Gasteiger partial charge in [0.15, 0.2) is 0 Å². The molecule has 0 amide bonds. The van der Waals surface area contributed by atoms with E-state index in [0.29, 0.717) is 12.1 Å². The van der Waals surface area contributed by atoms with Gasteiger partial charge >= 0.3 is 0 Å². The predicted octanol–water partition coefficient (Wildman–Crippen LogP) is 2.72. The lowest BCUT2D eigenvalue weighted by molar-refractivity contribution is 0.236. The van der Waals surface area contributed by atoms with Crippen LogP contribution in [0.25, 0.3) is 0 Å². The SMILES string of the molecule is Cc1cc(C(CN)N(C)CC2CC2C)ccc1F. The summed E-state index contributed by atoms with van der Waals surface area (Å²) in [5.41, 5.74) is 7.70. The summed E-state index contributed by atoms with van der Waals surface area (Å²) in [5.74, 6) is 1.51. The molecule has 0 spiro atoms. The van der Waals surface area contributed by atoms with Crippen LogP contribution in [0.5, 0.6) is 0 Å². The molecular weight excluding hydrogens is 227 g/mol. The summed E-state index contributed by atoms with van der Waals surface area (Å²) >= 11 is 0. The van der Waals surface area contributed by atoms with Gasteiger partial charge in [-0.1, -0.05) is 19.1 Å². The van der Waals surface area contributed by atoms with Crippen molar-refractivity contribution >= 4 is 0 Å². The van der Waals surface area contributed by atoms with Crippen molar-refractivity contribution in [3.05, 3.63) is 35.1 Å². The Kier molecular flexibility index (Phi) is 4.03. The molecule has 0 saturated heterocycles. The van der Waals surface area contributed by atoms with Gasteiger partial charge in [-0.2, -0.15) is 0 Å². The Labute approximate surface area is 109 Å². The highest BCUT2D eigenvalue weighted by molar-refractivity contribution is 5.26. The molecule has 1 aromatic rings. The Morgan fingerprint density at radius 2 is 2.17 bits per heavy atom. The molecule has 2 N–H and O–H groups in total. The fourth-order valence-corrected chi connectivity index (χ4v) is 2.60. The standard InChI is InChI=1S/C15H23FN2/c1-10-6-13(10)9-18(3)15(8-17)12-4-5-14(16)11(2)7-12/h4-5,7,10,13,15H,6,8-9,17H2,1-3H3. The number of halogens is 1. The average molecular weight is 250 g/mol. The summed E-state index contributed by atoms with van der Waals surface area (Å²) in [6.07, 6.45) is 1.32. The minimum atomic E-state index is -0.145. The molecule has 1 aromatic carbocycles. The summed E-state index contributed by atoms with van der Waals surface area (Å²) in [5, 5.41) is 0. The first-order valence-electron chi connectivity index (χ1n) is 6.69. The van der Waals surface area contributed by atoms with Crippen LogP contribution in [-0.2, 0) is 0 Å². The van der Waals surface area contributed by atoms with E-state index >= 15 is 0 Å². The van der Waals surface area contributed by atoms with Gasteiger partial charge in [-0.05, 0) is 49.4 Å². The lowest BCUT2D eigenvalue weighted by Crippen LogP contribution is -2.32. The van der Waals surface area contributed by atoms with Gasteiger partial charge in [0.1, 0.15) is 5.82 Å². The summed E-state index contributed by atoms with van der Waals surface area (Å²) in [6, 6.07) is 5.50. The Hall–Kier alpha value is -0.930. The number of hydrogen-bond donors (Lipinski definition) is 1. The van der Waals surface area contributed by atoms with Crippen LogP contribution in [0.4, 0.5) is 4.39 Å². The van der Waals surface area contributed by atoms with Crippen molar-refractivity contribution in [2.75, 3.05) is 20.1 Å². The maximum absolute atomic E-state index is 13.3. The molecule has 18 heavy (non-hydrogen) atoms. The van der Waals surface area contributed by atoms with Gasteiger partial charge in [0.2, 0.25) is 0 Å². The highest BCUT2D eigenvalue weighted by Gasteiger charge is 2.34. The van der Waals surface area contributed by atoms with Crippen molar-refractivity contribution in [2.24, 2.45) is 17.6 Å². The highest BCUT2D eigenvalue weighted by atomic mass is 19.1. The third kappa shape index (κ3) is 2.90. The normalized spacial score (nSPS) is 24.3. The van der Waals surface area contributed by atoms with Gasteiger partial charge in [0, 0.05) is 19.1 Å². The van der Waals surface area contributed by atoms with Crippen molar-refractivity contribution in [3.8, 4) is 0 Å². The Balaban J connectivity index is 2.08. The maximum Gasteiger partial charge on any atom is 0.126 e.